The number of nitrogens with zero attached hydrogens (tertiary/aromatic N) is 1. The van der Waals surface area contributed by atoms with E-state index in [4.69, 9.17) is 21.1 Å². The van der Waals surface area contributed by atoms with E-state index < -0.39 is 6.10 Å². The van der Waals surface area contributed by atoms with Crippen LogP contribution in [0.25, 0.3) is 0 Å². The molecule has 142 valence electrons. The molecule has 0 aromatic heterocycles. The summed E-state index contributed by atoms with van der Waals surface area (Å²) in [6.45, 7) is 3.28. The molecule has 0 saturated carbocycles. The van der Waals surface area contributed by atoms with Crippen molar-refractivity contribution < 1.29 is 14.3 Å². The molecule has 0 aliphatic carbocycles. The van der Waals surface area contributed by atoms with Gasteiger partial charge in [0.05, 0.1) is 0 Å². The second-order valence-corrected chi connectivity index (χ2v) is 8.52. The third-order valence-corrected chi connectivity index (χ3v) is 6.65. The molecule has 1 fully saturated rings. The highest BCUT2D eigenvalue weighted by Gasteiger charge is 2.37. The van der Waals surface area contributed by atoms with Gasteiger partial charge in [0, 0.05) is 29.1 Å². The molecule has 2 aliphatic heterocycles. The number of hydrogen-bond donors (Lipinski definition) is 0. The van der Waals surface area contributed by atoms with Gasteiger partial charge in [0.2, 0.25) is 6.10 Å². The van der Waals surface area contributed by atoms with Crippen LogP contribution in [0.1, 0.15) is 24.2 Å². The number of para-hydroxylation sites is 2. The third kappa shape index (κ3) is 3.90. The first-order valence-electron chi connectivity index (χ1n) is 9.20. The molecule has 2 aromatic carbocycles. The Bertz CT molecular complexity index is 831. The predicted molar refractivity (Wildman–Crippen MR) is 109 cm³/mol. The van der Waals surface area contributed by atoms with E-state index in [2.05, 4.69) is 6.07 Å². The second-order valence-electron chi connectivity index (χ2n) is 6.80. The van der Waals surface area contributed by atoms with E-state index in [-0.39, 0.29) is 12.0 Å². The lowest BCUT2D eigenvalue weighted by atomic mass is 10.1. The zero-order valence-electron chi connectivity index (χ0n) is 15.1. The summed E-state index contributed by atoms with van der Waals surface area (Å²) in [5, 5.41) is 1.10. The molecule has 3 unspecified atom stereocenters. The number of thioether (sulfide) groups is 1. The van der Waals surface area contributed by atoms with Crippen LogP contribution in [-0.2, 0) is 4.79 Å². The maximum atomic E-state index is 13.1. The van der Waals surface area contributed by atoms with Crippen LogP contribution in [0.3, 0.4) is 0 Å². The SMILES string of the molecule is CC1Oc2ccccc2OC1C(=O)N1CCSC(c2ccccc2Cl)CC1. The highest BCUT2D eigenvalue weighted by molar-refractivity contribution is 7.99. The average molecular weight is 404 g/mol. The molecule has 4 nitrogen and oxygen atoms in total. The Morgan fingerprint density at radius 3 is 2.56 bits per heavy atom. The van der Waals surface area contributed by atoms with Crippen molar-refractivity contribution in [2.45, 2.75) is 30.8 Å². The minimum absolute atomic E-state index is 0.00240. The van der Waals surface area contributed by atoms with Gasteiger partial charge in [0.15, 0.2) is 11.5 Å². The predicted octanol–water partition coefficient (Wildman–Crippen LogP) is 4.58. The molecule has 0 N–H and O–H groups in total. The van der Waals surface area contributed by atoms with Gasteiger partial charge in [0.1, 0.15) is 6.10 Å². The summed E-state index contributed by atoms with van der Waals surface area (Å²) in [6.07, 6.45) is -0.0528. The van der Waals surface area contributed by atoms with Crippen LogP contribution in [-0.4, -0.2) is 41.9 Å². The van der Waals surface area contributed by atoms with Gasteiger partial charge in [-0.05, 0) is 37.1 Å². The van der Waals surface area contributed by atoms with Crippen LogP contribution < -0.4 is 9.47 Å². The highest BCUT2D eigenvalue weighted by atomic mass is 35.5. The lowest BCUT2D eigenvalue weighted by molar-refractivity contribution is -0.144. The maximum absolute atomic E-state index is 13.1. The molecular formula is C21H22ClNO3S. The number of benzene rings is 2. The lowest BCUT2D eigenvalue weighted by Gasteiger charge is -2.34. The number of ether oxygens (including phenoxy) is 2. The van der Waals surface area contributed by atoms with Crippen LogP contribution in [0.4, 0.5) is 0 Å². The zero-order valence-corrected chi connectivity index (χ0v) is 16.7. The fraction of sp³-hybridized carbons (Fsp3) is 0.381. The molecule has 1 saturated heterocycles. The standard InChI is InChI=1S/C21H22ClNO3S/c1-14-20(26-18-9-5-4-8-17(18)25-14)21(24)23-11-10-19(27-13-12-23)15-6-2-3-7-16(15)22/h2-9,14,19-20H,10-13H2,1H3. The highest BCUT2D eigenvalue weighted by Crippen LogP contribution is 2.38. The van der Waals surface area contributed by atoms with Crippen LogP contribution in [0.15, 0.2) is 48.5 Å². The molecular weight excluding hydrogens is 382 g/mol. The van der Waals surface area contributed by atoms with Crippen LogP contribution in [0.5, 0.6) is 11.5 Å². The van der Waals surface area contributed by atoms with Crippen molar-refractivity contribution in [1.82, 2.24) is 4.90 Å². The van der Waals surface area contributed by atoms with E-state index >= 15 is 0 Å². The van der Waals surface area contributed by atoms with Gasteiger partial charge in [-0.15, -0.1) is 0 Å². The van der Waals surface area contributed by atoms with Gasteiger partial charge >= 0.3 is 0 Å². The summed E-state index contributed by atoms with van der Waals surface area (Å²) < 4.78 is 11.9. The van der Waals surface area contributed by atoms with Crippen molar-refractivity contribution in [2.24, 2.45) is 0 Å². The summed E-state index contributed by atoms with van der Waals surface area (Å²) in [6, 6.07) is 15.5. The first-order chi connectivity index (χ1) is 13.1. The molecule has 0 spiro atoms. The Kier molecular flexibility index (Phi) is 5.50. The molecule has 3 atom stereocenters. The van der Waals surface area contributed by atoms with E-state index in [0.717, 1.165) is 22.8 Å². The number of halogens is 1. The van der Waals surface area contributed by atoms with E-state index in [0.29, 0.717) is 29.8 Å². The number of carbonyl (C=O) groups excluding carboxylic acids is 1. The number of carbonyl (C=O) groups is 1. The van der Waals surface area contributed by atoms with Crippen molar-refractivity contribution >= 4 is 29.3 Å². The van der Waals surface area contributed by atoms with Gasteiger partial charge in [-0.25, -0.2) is 0 Å². The van der Waals surface area contributed by atoms with Crippen molar-refractivity contribution in [3.63, 3.8) is 0 Å². The molecule has 0 radical (unpaired) electrons. The van der Waals surface area contributed by atoms with Gasteiger partial charge < -0.3 is 14.4 Å². The molecule has 0 bridgehead atoms. The molecule has 1 amide bonds. The fourth-order valence-corrected chi connectivity index (χ4v) is 5.15. The number of fused-ring (bicyclic) bond motifs is 1. The number of amides is 1. The smallest absolute Gasteiger partial charge is 0.267 e. The Hall–Kier alpha value is -1.85. The number of rotatable bonds is 2. The minimum Gasteiger partial charge on any atom is -0.482 e. The topological polar surface area (TPSA) is 38.8 Å². The summed E-state index contributed by atoms with van der Waals surface area (Å²) in [7, 11) is 0. The second kappa shape index (κ2) is 8.03. The van der Waals surface area contributed by atoms with E-state index in [1.54, 1.807) is 0 Å². The zero-order chi connectivity index (χ0) is 18.8. The van der Waals surface area contributed by atoms with Crippen molar-refractivity contribution in [1.29, 1.82) is 0 Å². The molecule has 4 rings (SSSR count). The number of hydrogen-bond acceptors (Lipinski definition) is 4. The average Bonchev–Trinajstić information content (AvgIpc) is 2.93. The Morgan fingerprint density at radius 2 is 1.78 bits per heavy atom. The lowest BCUT2D eigenvalue weighted by Crippen LogP contribution is -2.51. The van der Waals surface area contributed by atoms with E-state index in [1.165, 1.54) is 0 Å². The third-order valence-electron chi connectivity index (χ3n) is 4.99. The maximum Gasteiger partial charge on any atom is 0.267 e. The van der Waals surface area contributed by atoms with Crippen LogP contribution in [0, 0.1) is 0 Å². The first-order valence-corrected chi connectivity index (χ1v) is 10.6. The van der Waals surface area contributed by atoms with Crippen LogP contribution in [0.2, 0.25) is 5.02 Å². The summed E-state index contributed by atoms with van der Waals surface area (Å²) in [5.74, 6) is 2.20. The van der Waals surface area contributed by atoms with Gasteiger partial charge in [-0.3, -0.25) is 4.79 Å². The normalized spacial score (nSPS) is 25.0. The monoisotopic (exact) mass is 403 g/mol. The van der Waals surface area contributed by atoms with E-state index in [9.17, 15) is 4.79 Å². The minimum atomic E-state index is -0.609. The Morgan fingerprint density at radius 1 is 1.07 bits per heavy atom. The molecule has 2 aromatic rings. The summed E-state index contributed by atoms with van der Waals surface area (Å²) in [5.41, 5.74) is 1.15. The fourth-order valence-electron chi connectivity index (χ4n) is 3.55. The summed E-state index contributed by atoms with van der Waals surface area (Å²) >= 11 is 8.23. The molecule has 27 heavy (non-hydrogen) atoms. The molecule has 2 heterocycles. The quantitative estimate of drug-likeness (QED) is 0.736. The Balaban J connectivity index is 1.45. The van der Waals surface area contributed by atoms with Crippen LogP contribution >= 0.6 is 23.4 Å². The van der Waals surface area contributed by atoms with Gasteiger partial charge in [-0.2, -0.15) is 11.8 Å². The van der Waals surface area contributed by atoms with Gasteiger partial charge in [0.25, 0.3) is 5.91 Å². The molecule has 2 aliphatic rings. The largest absolute Gasteiger partial charge is 0.482 e. The molecule has 6 heteroatoms. The van der Waals surface area contributed by atoms with Gasteiger partial charge in [-0.1, -0.05) is 41.9 Å². The van der Waals surface area contributed by atoms with Crippen molar-refractivity contribution in [2.75, 3.05) is 18.8 Å². The summed E-state index contributed by atoms with van der Waals surface area (Å²) in [4.78, 5) is 15.0. The Labute approximate surface area is 168 Å². The van der Waals surface area contributed by atoms with E-state index in [1.807, 2.05) is 66.1 Å². The first kappa shape index (κ1) is 18.5. The van der Waals surface area contributed by atoms with Crippen molar-refractivity contribution in [3.05, 3.63) is 59.1 Å². The van der Waals surface area contributed by atoms with Crippen molar-refractivity contribution in [3.8, 4) is 11.5 Å².